The van der Waals surface area contributed by atoms with E-state index in [-0.39, 0.29) is 17.2 Å². The molecule has 44 heavy (non-hydrogen) atoms. The van der Waals surface area contributed by atoms with Crippen molar-refractivity contribution in [3.63, 3.8) is 0 Å². The number of rotatable bonds is 8. The van der Waals surface area contributed by atoms with Gasteiger partial charge < -0.3 is 9.15 Å². The second-order valence-electron chi connectivity index (χ2n) is 10.9. The fraction of sp³-hybridized carbons (Fsp3) is 0.171. The van der Waals surface area contributed by atoms with Crippen LogP contribution in [0.25, 0.3) is 22.7 Å². The van der Waals surface area contributed by atoms with Crippen molar-refractivity contribution in [3.8, 4) is 22.7 Å². The molecule has 0 aliphatic heterocycles. The van der Waals surface area contributed by atoms with E-state index < -0.39 is 11.9 Å². The molecule has 9 nitrogen and oxygen atoms in total. The van der Waals surface area contributed by atoms with Crippen LogP contribution in [0.1, 0.15) is 58.4 Å². The first-order valence-corrected chi connectivity index (χ1v) is 14.4. The molecule has 6 rings (SSSR count). The van der Waals surface area contributed by atoms with Crippen molar-refractivity contribution in [1.82, 2.24) is 19.6 Å². The number of hydrogen-bond donors (Lipinski definition) is 2. The highest BCUT2D eigenvalue weighted by atomic mass is 16.5. The number of hydrogen-bond acceptors (Lipinski definition) is 5. The summed E-state index contributed by atoms with van der Waals surface area (Å²) in [5, 5.41) is 6.39. The lowest BCUT2D eigenvalue weighted by atomic mass is 9.89. The van der Waals surface area contributed by atoms with Gasteiger partial charge in [0.25, 0.3) is 11.1 Å². The quantitative estimate of drug-likeness (QED) is 0.204. The van der Waals surface area contributed by atoms with E-state index in [9.17, 15) is 14.4 Å². The number of aromatic amines is 2. The Morgan fingerprint density at radius 1 is 0.727 bits per heavy atom. The summed E-state index contributed by atoms with van der Waals surface area (Å²) in [5.41, 5.74) is 3.80. The van der Waals surface area contributed by atoms with E-state index >= 15 is 0 Å². The van der Waals surface area contributed by atoms with E-state index in [1.165, 1.54) is 9.36 Å². The molecule has 0 saturated heterocycles. The van der Waals surface area contributed by atoms with Gasteiger partial charge in [-0.15, -0.1) is 0 Å². The number of esters is 1. The highest BCUT2D eigenvalue weighted by Crippen LogP contribution is 2.35. The van der Waals surface area contributed by atoms with Crippen molar-refractivity contribution < 1.29 is 13.9 Å². The predicted molar refractivity (Wildman–Crippen MR) is 168 cm³/mol. The van der Waals surface area contributed by atoms with Crippen LogP contribution in [0.15, 0.2) is 111 Å². The van der Waals surface area contributed by atoms with Gasteiger partial charge in [-0.05, 0) is 76.2 Å². The summed E-state index contributed by atoms with van der Waals surface area (Å²) in [6.07, 6.45) is -0.254. The Labute approximate surface area is 253 Å². The SMILES string of the molecule is Cc1[nH]n(-c2ccccc2)c(=O)c1C(c1ccc(-c2cccc(C(=O)OC(C)C)c2)o1)c1c(C)[nH]n(-c2ccccc2)c1=O. The van der Waals surface area contributed by atoms with Crippen LogP contribution in [-0.4, -0.2) is 31.6 Å². The summed E-state index contributed by atoms with van der Waals surface area (Å²) >= 11 is 0. The minimum Gasteiger partial charge on any atom is -0.460 e. The van der Waals surface area contributed by atoms with E-state index in [0.29, 0.717) is 56.5 Å². The van der Waals surface area contributed by atoms with Crippen LogP contribution >= 0.6 is 0 Å². The third kappa shape index (κ3) is 5.24. The van der Waals surface area contributed by atoms with Gasteiger partial charge in [0, 0.05) is 17.0 Å². The lowest BCUT2D eigenvalue weighted by Crippen LogP contribution is -2.25. The van der Waals surface area contributed by atoms with Gasteiger partial charge in [-0.3, -0.25) is 19.8 Å². The number of aromatic nitrogens is 4. The number of benzene rings is 3. The van der Waals surface area contributed by atoms with Crippen molar-refractivity contribution in [2.75, 3.05) is 0 Å². The second kappa shape index (κ2) is 11.6. The third-order valence-corrected chi connectivity index (χ3v) is 7.48. The number of para-hydroxylation sites is 2. The highest BCUT2D eigenvalue weighted by Gasteiger charge is 2.33. The molecule has 6 aromatic rings. The first kappa shape index (κ1) is 28.5. The lowest BCUT2D eigenvalue weighted by Gasteiger charge is -2.13. The molecular weight excluding hydrogens is 556 g/mol. The van der Waals surface area contributed by atoms with Gasteiger partial charge in [0.05, 0.1) is 40.1 Å². The summed E-state index contributed by atoms with van der Waals surface area (Å²) in [6, 6.07) is 29.1. The molecule has 0 radical (unpaired) electrons. The Morgan fingerprint density at radius 3 is 1.80 bits per heavy atom. The monoisotopic (exact) mass is 588 g/mol. The smallest absolute Gasteiger partial charge is 0.338 e. The van der Waals surface area contributed by atoms with Gasteiger partial charge in [0.15, 0.2) is 0 Å². The Bertz CT molecular complexity index is 1960. The van der Waals surface area contributed by atoms with Crippen LogP contribution < -0.4 is 11.1 Å². The maximum absolute atomic E-state index is 14.1. The molecule has 0 saturated carbocycles. The van der Waals surface area contributed by atoms with Gasteiger partial charge >= 0.3 is 5.97 Å². The number of H-pyrrole nitrogens is 2. The van der Waals surface area contributed by atoms with Crippen LogP contribution in [0.4, 0.5) is 0 Å². The van der Waals surface area contributed by atoms with Crippen molar-refractivity contribution in [3.05, 3.63) is 152 Å². The molecule has 0 atom stereocenters. The van der Waals surface area contributed by atoms with E-state index in [2.05, 4.69) is 10.2 Å². The highest BCUT2D eigenvalue weighted by molar-refractivity contribution is 5.91. The van der Waals surface area contributed by atoms with Crippen molar-refractivity contribution in [2.45, 2.75) is 39.7 Å². The first-order chi connectivity index (χ1) is 21.2. The molecule has 0 unspecified atom stereocenters. The van der Waals surface area contributed by atoms with E-state index in [1.807, 2.05) is 80.6 Å². The number of furan rings is 1. The Balaban J connectivity index is 1.52. The standard InChI is InChI=1S/C35H32N4O5/c1-21(2)43-35(42)25-13-11-12-24(20-25)28-18-19-29(44-28)32(30-22(3)36-38(33(30)40)26-14-7-5-8-15-26)31-23(4)37-39(34(31)41)27-16-9-6-10-17-27/h5-21,32,36-37H,1-4H3. The molecule has 0 aliphatic rings. The lowest BCUT2D eigenvalue weighted by molar-refractivity contribution is 0.0378. The minimum absolute atomic E-state index is 0.254. The molecule has 9 heteroatoms. The van der Waals surface area contributed by atoms with Crippen LogP contribution in [-0.2, 0) is 4.74 Å². The average Bonchev–Trinajstić information content (AvgIpc) is 3.71. The Hall–Kier alpha value is -5.57. The molecular formula is C35H32N4O5. The second-order valence-corrected chi connectivity index (χ2v) is 10.9. The molecule has 0 amide bonds. The van der Waals surface area contributed by atoms with Crippen LogP contribution in [0.3, 0.4) is 0 Å². The number of ether oxygens (including phenoxy) is 1. The van der Waals surface area contributed by atoms with Crippen molar-refractivity contribution in [2.24, 2.45) is 0 Å². The summed E-state index contributed by atoms with van der Waals surface area (Å²) < 4.78 is 14.7. The summed E-state index contributed by atoms with van der Waals surface area (Å²) in [5.74, 6) is -0.369. The zero-order chi connectivity index (χ0) is 31.0. The third-order valence-electron chi connectivity index (χ3n) is 7.48. The van der Waals surface area contributed by atoms with Gasteiger partial charge in [-0.25, -0.2) is 14.2 Å². The fourth-order valence-corrected chi connectivity index (χ4v) is 5.49. The average molecular weight is 589 g/mol. The van der Waals surface area contributed by atoms with E-state index in [0.717, 1.165) is 0 Å². The largest absolute Gasteiger partial charge is 0.460 e. The van der Waals surface area contributed by atoms with Gasteiger partial charge in [0.1, 0.15) is 11.5 Å². The maximum Gasteiger partial charge on any atom is 0.338 e. The molecule has 0 aliphatic carbocycles. The zero-order valence-corrected chi connectivity index (χ0v) is 24.8. The molecule has 222 valence electrons. The molecule has 0 fully saturated rings. The zero-order valence-electron chi connectivity index (χ0n) is 24.8. The first-order valence-electron chi connectivity index (χ1n) is 14.4. The van der Waals surface area contributed by atoms with Crippen LogP contribution in [0.5, 0.6) is 0 Å². The number of nitrogens with zero attached hydrogens (tertiary/aromatic N) is 2. The number of carbonyl (C=O) groups is 1. The maximum atomic E-state index is 14.1. The summed E-state index contributed by atoms with van der Waals surface area (Å²) in [6.45, 7) is 7.22. The summed E-state index contributed by atoms with van der Waals surface area (Å²) in [7, 11) is 0. The molecule has 0 spiro atoms. The van der Waals surface area contributed by atoms with E-state index in [1.54, 1.807) is 44.2 Å². The molecule has 0 bridgehead atoms. The molecule has 2 N–H and O–H groups in total. The predicted octanol–water partition coefficient (Wildman–Crippen LogP) is 6.27. The van der Waals surface area contributed by atoms with Crippen molar-refractivity contribution >= 4 is 5.97 Å². The normalized spacial score (nSPS) is 11.4. The number of aryl methyl sites for hydroxylation is 2. The van der Waals surface area contributed by atoms with Gasteiger partial charge in [0.2, 0.25) is 0 Å². The molecule has 3 aromatic carbocycles. The fourth-order valence-electron chi connectivity index (χ4n) is 5.49. The Morgan fingerprint density at radius 2 is 1.27 bits per heavy atom. The minimum atomic E-state index is -0.833. The van der Waals surface area contributed by atoms with E-state index in [4.69, 9.17) is 9.15 Å². The molecule has 3 aromatic heterocycles. The van der Waals surface area contributed by atoms with Gasteiger partial charge in [-0.2, -0.15) is 0 Å². The topological polar surface area (TPSA) is 115 Å². The summed E-state index contributed by atoms with van der Waals surface area (Å²) in [4.78, 5) is 40.7. The van der Waals surface area contributed by atoms with Gasteiger partial charge in [-0.1, -0.05) is 48.5 Å². The van der Waals surface area contributed by atoms with Crippen LogP contribution in [0, 0.1) is 13.8 Å². The number of nitrogens with one attached hydrogen (secondary N) is 2. The van der Waals surface area contributed by atoms with Crippen molar-refractivity contribution in [1.29, 1.82) is 0 Å². The molecule has 3 heterocycles. The Kier molecular flexibility index (Phi) is 7.53. The van der Waals surface area contributed by atoms with Crippen LogP contribution in [0.2, 0.25) is 0 Å². The number of carbonyl (C=O) groups excluding carboxylic acids is 1.